The molecule has 0 unspecified atom stereocenters. The second-order valence-electron chi connectivity index (χ2n) is 7.87. The van der Waals surface area contributed by atoms with E-state index in [1.807, 2.05) is 0 Å². The van der Waals surface area contributed by atoms with Gasteiger partial charge in [-0.15, -0.1) is 0 Å². The average Bonchev–Trinajstić information content (AvgIpc) is 2.83. The first-order valence-electron chi connectivity index (χ1n) is 10.8. The van der Waals surface area contributed by atoms with Gasteiger partial charge in [0.2, 0.25) is 5.91 Å². The first-order chi connectivity index (χ1) is 16.0. The van der Waals surface area contributed by atoms with Crippen LogP contribution in [0, 0.1) is 11.6 Å². The molecule has 1 saturated heterocycles. The highest BCUT2D eigenvalue weighted by atomic mass is 19.1. The summed E-state index contributed by atoms with van der Waals surface area (Å²) in [4.78, 5) is 29.0. The molecule has 0 aliphatic carbocycles. The second kappa shape index (κ2) is 10.4. The molecular formula is C26H24F2N2O3. The van der Waals surface area contributed by atoms with Crippen LogP contribution in [0.25, 0.3) is 0 Å². The number of amides is 2. The van der Waals surface area contributed by atoms with E-state index in [-0.39, 0.29) is 24.4 Å². The zero-order valence-corrected chi connectivity index (χ0v) is 18.0. The maximum absolute atomic E-state index is 13.7. The highest BCUT2D eigenvalue weighted by Gasteiger charge is 2.20. The van der Waals surface area contributed by atoms with E-state index in [0.717, 1.165) is 5.56 Å². The molecule has 1 aliphatic heterocycles. The van der Waals surface area contributed by atoms with Crippen LogP contribution in [0.5, 0.6) is 0 Å². The van der Waals surface area contributed by atoms with Crippen molar-refractivity contribution in [2.24, 2.45) is 0 Å². The molecule has 0 spiro atoms. The normalized spacial score (nSPS) is 13.6. The quantitative estimate of drug-likeness (QED) is 0.565. The van der Waals surface area contributed by atoms with Crippen LogP contribution >= 0.6 is 0 Å². The molecule has 3 aromatic carbocycles. The summed E-state index contributed by atoms with van der Waals surface area (Å²) in [5.41, 5.74) is 2.18. The zero-order valence-electron chi connectivity index (χ0n) is 18.0. The van der Waals surface area contributed by atoms with Crippen LogP contribution in [0.1, 0.15) is 21.5 Å². The SMILES string of the molecule is O=C(Cc1ccc(N(Cc2cccc(F)c2)C(=O)c2cccc(F)c2)cc1)N1CCOCC1. The summed E-state index contributed by atoms with van der Waals surface area (Å²) in [6.07, 6.45) is 0.252. The van der Waals surface area contributed by atoms with E-state index < -0.39 is 17.5 Å². The van der Waals surface area contributed by atoms with E-state index in [4.69, 9.17) is 4.74 Å². The van der Waals surface area contributed by atoms with E-state index in [2.05, 4.69) is 0 Å². The summed E-state index contributed by atoms with van der Waals surface area (Å²) in [5.74, 6) is -1.29. The van der Waals surface area contributed by atoms with Crippen molar-refractivity contribution in [3.8, 4) is 0 Å². The summed E-state index contributed by atoms with van der Waals surface area (Å²) in [7, 11) is 0. The van der Waals surface area contributed by atoms with Gasteiger partial charge in [0.05, 0.1) is 26.2 Å². The van der Waals surface area contributed by atoms with Crippen molar-refractivity contribution in [1.29, 1.82) is 0 Å². The smallest absolute Gasteiger partial charge is 0.258 e. The minimum Gasteiger partial charge on any atom is -0.378 e. The fraction of sp³-hybridized carbons (Fsp3) is 0.231. The first kappa shape index (κ1) is 22.6. The standard InChI is InChI=1S/C26H24F2N2O3/c27-22-5-1-3-20(15-22)18-30(26(32)21-4-2-6-23(28)17-21)24-9-7-19(8-10-24)16-25(31)29-11-13-33-14-12-29/h1-10,15,17H,11-14,16,18H2. The summed E-state index contributed by atoms with van der Waals surface area (Å²) >= 11 is 0. The molecule has 5 nitrogen and oxygen atoms in total. The molecule has 1 heterocycles. The van der Waals surface area contributed by atoms with E-state index in [0.29, 0.717) is 37.6 Å². The van der Waals surface area contributed by atoms with E-state index >= 15 is 0 Å². The molecule has 4 rings (SSSR count). The van der Waals surface area contributed by atoms with Crippen LogP contribution in [-0.4, -0.2) is 43.0 Å². The number of carbonyl (C=O) groups is 2. The molecule has 0 N–H and O–H groups in total. The van der Waals surface area contributed by atoms with Gasteiger partial charge in [-0.1, -0.05) is 30.3 Å². The van der Waals surface area contributed by atoms with E-state index in [9.17, 15) is 18.4 Å². The number of morpholine rings is 1. The van der Waals surface area contributed by atoms with Gasteiger partial charge in [-0.3, -0.25) is 9.59 Å². The Bertz CT molecular complexity index is 1130. The molecule has 0 aromatic heterocycles. The highest BCUT2D eigenvalue weighted by molar-refractivity contribution is 6.06. The summed E-state index contributed by atoms with van der Waals surface area (Å²) in [6.45, 7) is 2.36. The third-order valence-corrected chi connectivity index (χ3v) is 5.51. The Morgan fingerprint density at radius 3 is 2.18 bits per heavy atom. The van der Waals surface area contributed by atoms with Gasteiger partial charge in [0, 0.05) is 24.3 Å². The Balaban J connectivity index is 1.56. The largest absolute Gasteiger partial charge is 0.378 e. The molecule has 2 amide bonds. The van der Waals surface area contributed by atoms with E-state index in [1.54, 1.807) is 47.4 Å². The number of hydrogen-bond acceptors (Lipinski definition) is 3. The molecule has 33 heavy (non-hydrogen) atoms. The lowest BCUT2D eigenvalue weighted by Gasteiger charge is -2.27. The molecule has 0 bridgehead atoms. The van der Waals surface area contributed by atoms with Crippen LogP contribution in [0.4, 0.5) is 14.5 Å². The first-order valence-corrected chi connectivity index (χ1v) is 10.8. The number of anilines is 1. The number of benzene rings is 3. The van der Waals surface area contributed by atoms with Crippen molar-refractivity contribution in [2.45, 2.75) is 13.0 Å². The number of carbonyl (C=O) groups excluding carboxylic acids is 2. The number of nitrogens with zero attached hydrogens (tertiary/aromatic N) is 2. The third-order valence-electron chi connectivity index (χ3n) is 5.51. The van der Waals surface area contributed by atoms with Crippen molar-refractivity contribution < 1.29 is 23.1 Å². The lowest BCUT2D eigenvalue weighted by atomic mass is 10.1. The Kier molecular flexibility index (Phi) is 7.10. The minimum absolute atomic E-state index is 0.0264. The molecule has 170 valence electrons. The van der Waals surface area contributed by atoms with Crippen LogP contribution in [0.15, 0.2) is 72.8 Å². The van der Waals surface area contributed by atoms with Crippen molar-refractivity contribution in [3.63, 3.8) is 0 Å². The highest BCUT2D eigenvalue weighted by Crippen LogP contribution is 2.22. The molecule has 7 heteroatoms. The molecule has 0 radical (unpaired) electrons. The fourth-order valence-corrected chi connectivity index (χ4v) is 3.77. The van der Waals surface area contributed by atoms with Gasteiger partial charge in [0.25, 0.3) is 5.91 Å². The minimum atomic E-state index is -0.511. The summed E-state index contributed by atoms with van der Waals surface area (Å²) in [5, 5.41) is 0. The van der Waals surface area contributed by atoms with Gasteiger partial charge in [-0.05, 0) is 53.6 Å². The van der Waals surface area contributed by atoms with Gasteiger partial charge < -0.3 is 14.5 Å². The van der Waals surface area contributed by atoms with Gasteiger partial charge in [0.15, 0.2) is 0 Å². The van der Waals surface area contributed by atoms with Crippen LogP contribution in [0.2, 0.25) is 0 Å². The molecule has 0 saturated carbocycles. The monoisotopic (exact) mass is 450 g/mol. The Labute approximate surface area is 191 Å². The Morgan fingerprint density at radius 1 is 0.848 bits per heavy atom. The van der Waals surface area contributed by atoms with Crippen molar-refractivity contribution in [2.75, 3.05) is 31.2 Å². The fourth-order valence-electron chi connectivity index (χ4n) is 3.77. The van der Waals surface area contributed by atoms with Crippen LogP contribution < -0.4 is 4.90 Å². The Hall–Kier alpha value is -3.58. The average molecular weight is 450 g/mol. The molecule has 0 atom stereocenters. The zero-order chi connectivity index (χ0) is 23.2. The lowest BCUT2D eigenvalue weighted by Crippen LogP contribution is -2.41. The van der Waals surface area contributed by atoms with Crippen molar-refractivity contribution in [3.05, 3.63) is 101 Å². The molecular weight excluding hydrogens is 426 g/mol. The topological polar surface area (TPSA) is 49.9 Å². The predicted molar refractivity (Wildman–Crippen MR) is 121 cm³/mol. The van der Waals surface area contributed by atoms with Gasteiger partial charge in [-0.25, -0.2) is 8.78 Å². The third kappa shape index (κ3) is 5.81. The number of hydrogen-bond donors (Lipinski definition) is 0. The number of rotatable bonds is 6. The summed E-state index contributed by atoms with van der Waals surface area (Å²) in [6, 6.07) is 18.6. The maximum Gasteiger partial charge on any atom is 0.258 e. The van der Waals surface area contributed by atoms with Gasteiger partial charge in [0.1, 0.15) is 11.6 Å². The van der Waals surface area contributed by atoms with Crippen LogP contribution in [0.3, 0.4) is 0 Å². The predicted octanol–water partition coefficient (Wildman–Crippen LogP) is 4.21. The molecule has 1 fully saturated rings. The van der Waals surface area contributed by atoms with E-state index in [1.165, 1.54) is 35.2 Å². The number of halogens is 2. The molecule has 1 aliphatic rings. The maximum atomic E-state index is 13.7. The lowest BCUT2D eigenvalue weighted by molar-refractivity contribution is -0.134. The van der Waals surface area contributed by atoms with Crippen molar-refractivity contribution in [1.82, 2.24) is 4.90 Å². The van der Waals surface area contributed by atoms with Crippen LogP contribution in [-0.2, 0) is 22.5 Å². The Morgan fingerprint density at radius 2 is 1.52 bits per heavy atom. The second-order valence-corrected chi connectivity index (χ2v) is 7.87. The van der Waals surface area contributed by atoms with Gasteiger partial charge >= 0.3 is 0 Å². The molecule has 3 aromatic rings. The van der Waals surface area contributed by atoms with Crippen molar-refractivity contribution >= 4 is 17.5 Å². The number of ether oxygens (including phenoxy) is 1. The summed E-state index contributed by atoms with van der Waals surface area (Å²) < 4.78 is 32.8. The van der Waals surface area contributed by atoms with Gasteiger partial charge in [-0.2, -0.15) is 0 Å².